The van der Waals surface area contributed by atoms with Gasteiger partial charge < -0.3 is 4.74 Å². The van der Waals surface area contributed by atoms with Crippen LogP contribution in [0.2, 0.25) is 0 Å². The van der Waals surface area contributed by atoms with Gasteiger partial charge in [0.05, 0.1) is 6.61 Å². The van der Waals surface area contributed by atoms with Crippen molar-refractivity contribution in [2.45, 2.75) is 12.8 Å². The van der Waals surface area contributed by atoms with Gasteiger partial charge in [0.25, 0.3) is 0 Å². The molecule has 0 radical (unpaired) electrons. The quantitative estimate of drug-likeness (QED) is 0.565. The summed E-state index contributed by atoms with van der Waals surface area (Å²) in [4.78, 5) is 0. The number of benzene rings is 1. The molecule has 0 saturated carbocycles. The largest absolute Gasteiger partial charge is 0.381 e. The Morgan fingerprint density at radius 1 is 1.29 bits per heavy atom. The SMILES string of the molecule is Fc1cc2sccc2cc1CCOCCCCl. The lowest BCUT2D eigenvalue weighted by atomic mass is 10.1. The van der Waals surface area contributed by atoms with E-state index >= 15 is 0 Å². The van der Waals surface area contributed by atoms with Crippen LogP contribution in [-0.4, -0.2) is 19.1 Å². The molecule has 1 aromatic carbocycles. The second kappa shape index (κ2) is 6.34. The highest BCUT2D eigenvalue weighted by molar-refractivity contribution is 7.17. The molecule has 0 aliphatic heterocycles. The first-order valence-corrected chi connectivity index (χ1v) is 7.02. The monoisotopic (exact) mass is 272 g/mol. The highest BCUT2D eigenvalue weighted by Crippen LogP contribution is 2.24. The van der Waals surface area contributed by atoms with Gasteiger partial charge in [0.1, 0.15) is 5.82 Å². The topological polar surface area (TPSA) is 9.23 Å². The number of halogens is 2. The second-order valence-corrected chi connectivity index (χ2v) is 5.13. The van der Waals surface area contributed by atoms with E-state index in [-0.39, 0.29) is 5.82 Å². The molecule has 17 heavy (non-hydrogen) atoms. The van der Waals surface area contributed by atoms with E-state index in [2.05, 4.69) is 0 Å². The normalized spacial score (nSPS) is 11.2. The van der Waals surface area contributed by atoms with Gasteiger partial charge in [0.2, 0.25) is 0 Å². The summed E-state index contributed by atoms with van der Waals surface area (Å²) in [5.41, 5.74) is 0.724. The van der Waals surface area contributed by atoms with Gasteiger partial charge in [-0.1, -0.05) is 0 Å². The number of thiophene rings is 1. The van der Waals surface area contributed by atoms with E-state index in [4.69, 9.17) is 16.3 Å². The van der Waals surface area contributed by atoms with Crippen LogP contribution in [0, 0.1) is 5.82 Å². The van der Waals surface area contributed by atoms with Crippen molar-refractivity contribution in [2.24, 2.45) is 0 Å². The highest BCUT2D eigenvalue weighted by Gasteiger charge is 2.05. The molecule has 1 nitrogen and oxygen atoms in total. The molecule has 0 fully saturated rings. The molecule has 0 atom stereocenters. The van der Waals surface area contributed by atoms with Gasteiger partial charge >= 0.3 is 0 Å². The van der Waals surface area contributed by atoms with E-state index in [1.54, 1.807) is 17.4 Å². The second-order valence-electron chi connectivity index (χ2n) is 3.81. The number of ether oxygens (including phenoxy) is 1. The summed E-state index contributed by atoms with van der Waals surface area (Å²) >= 11 is 7.10. The Morgan fingerprint density at radius 2 is 2.18 bits per heavy atom. The van der Waals surface area contributed by atoms with Crippen molar-refractivity contribution in [3.63, 3.8) is 0 Å². The molecule has 1 heterocycles. The summed E-state index contributed by atoms with van der Waals surface area (Å²) in [7, 11) is 0. The Hall–Kier alpha value is -0.640. The number of rotatable bonds is 6. The Morgan fingerprint density at radius 3 is 3.00 bits per heavy atom. The summed E-state index contributed by atoms with van der Waals surface area (Å²) in [5, 5.41) is 3.08. The molecule has 0 aliphatic carbocycles. The lowest BCUT2D eigenvalue weighted by Crippen LogP contribution is -2.02. The number of hydrogen-bond donors (Lipinski definition) is 0. The molecule has 1 aromatic heterocycles. The average molecular weight is 273 g/mol. The van der Waals surface area contributed by atoms with Crippen LogP contribution >= 0.6 is 22.9 Å². The minimum absolute atomic E-state index is 0.138. The molecule has 4 heteroatoms. The van der Waals surface area contributed by atoms with Crippen molar-refractivity contribution in [1.29, 1.82) is 0 Å². The molecule has 0 amide bonds. The minimum atomic E-state index is -0.138. The molecule has 92 valence electrons. The van der Waals surface area contributed by atoms with E-state index in [1.165, 1.54) is 0 Å². The fraction of sp³-hybridized carbons (Fsp3) is 0.385. The average Bonchev–Trinajstić information content (AvgIpc) is 2.76. The molecule has 0 bridgehead atoms. The molecule has 0 unspecified atom stereocenters. The first-order valence-electron chi connectivity index (χ1n) is 5.60. The van der Waals surface area contributed by atoms with Crippen molar-refractivity contribution in [3.8, 4) is 0 Å². The van der Waals surface area contributed by atoms with E-state index < -0.39 is 0 Å². The third-order valence-corrected chi connectivity index (χ3v) is 3.71. The Labute approximate surface area is 109 Å². The lowest BCUT2D eigenvalue weighted by molar-refractivity contribution is 0.138. The summed E-state index contributed by atoms with van der Waals surface area (Å²) in [5.74, 6) is 0.468. The summed E-state index contributed by atoms with van der Waals surface area (Å²) in [6.07, 6.45) is 1.45. The summed E-state index contributed by atoms with van der Waals surface area (Å²) < 4.78 is 20.1. The fourth-order valence-corrected chi connectivity index (χ4v) is 2.57. The van der Waals surface area contributed by atoms with Crippen molar-refractivity contribution in [2.75, 3.05) is 19.1 Å². The van der Waals surface area contributed by atoms with Gasteiger partial charge in [-0.05, 0) is 47.4 Å². The van der Waals surface area contributed by atoms with Crippen LogP contribution in [0.15, 0.2) is 23.6 Å². The number of fused-ring (bicyclic) bond motifs is 1. The Kier molecular flexibility index (Phi) is 4.77. The maximum absolute atomic E-state index is 13.7. The van der Waals surface area contributed by atoms with Gasteiger partial charge in [0.15, 0.2) is 0 Å². The zero-order valence-corrected chi connectivity index (χ0v) is 11.0. The van der Waals surface area contributed by atoms with E-state index in [1.807, 2.05) is 17.5 Å². The first-order chi connectivity index (χ1) is 8.31. The molecule has 2 aromatic rings. The highest BCUT2D eigenvalue weighted by atomic mass is 35.5. The van der Waals surface area contributed by atoms with Gasteiger partial charge in [-0.25, -0.2) is 4.39 Å². The molecular weight excluding hydrogens is 259 g/mol. The molecule has 0 aliphatic rings. The summed E-state index contributed by atoms with van der Waals surface area (Å²) in [6.45, 7) is 1.19. The predicted octanol–water partition coefficient (Wildman–Crippen LogP) is 4.23. The lowest BCUT2D eigenvalue weighted by Gasteiger charge is -2.05. The van der Waals surface area contributed by atoms with Crippen molar-refractivity contribution in [3.05, 3.63) is 35.0 Å². The smallest absolute Gasteiger partial charge is 0.127 e. The van der Waals surface area contributed by atoms with Crippen LogP contribution in [-0.2, 0) is 11.2 Å². The van der Waals surface area contributed by atoms with Gasteiger partial charge in [-0.2, -0.15) is 0 Å². The molecular formula is C13H14ClFOS. The number of hydrogen-bond acceptors (Lipinski definition) is 2. The Balaban J connectivity index is 1.95. The maximum Gasteiger partial charge on any atom is 0.127 e. The molecule has 2 rings (SSSR count). The number of alkyl halides is 1. The summed E-state index contributed by atoms with van der Waals surface area (Å²) in [6, 6.07) is 5.53. The first kappa shape index (κ1) is 12.8. The minimum Gasteiger partial charge on any atom is -0.381 e. The van der Waals surface area contributed by atoms with E-state index in [9.17, 15) is 4.39 Å². The fourth-order valence-electron chi connectivity index (χ4n) is 1.66. The van der Waals surface area contributed by atoms with Crippen molar-refractivity contribution >= 4 is 33.0 Å². The van der Waals surface area contributed by atoms with Crippen LogP contribution in [0.1, 0.15) is 12.0 Å². The maximum atomic E-state index is 13.7. The zero-order chi connectivity index (χ0) is 12.1. The van der Waals surface area contributed by atoms with Crippen LogP contribution in [0.4, 0.5) is 4.39 Å². The van der Waals surface area contributed by atoms with Gasteiger partial charge in [0, 0.05) is 17.2 Å². The third kappa shape index (κ3) is 3.41. The molecule has 0 spiro atoms. The van der Waals surface area contributed by atoms with Gasteiger partial charge in [-0.15, -0.1) is 22.9 Å². The van der Waals surface area contributed by atoms with E-state index in [0.717, 1.165) is 22.1 Å². The van der Waals surface area contributed by atoms with Crippen LogP contribution < -0.4 is 0 Å². The van der Waals surface area contributed by atoms with Crippen LogP contribution in [0.3, 0.4) is 0 Å². The molecule has 0 saturated heterocycles. The predicted molar refractivity (Wildman–Crippen MR) is 71.6 cm³/mol. The van der Waals surface area contributed by atoms with Crippen LogP contribution in [0.5, 0.6) is 0 Å². The van der Waals surface area contributed by atoms with Gasteiger partial charge in [-0.3, -0.25) is 0 Å². The molecule has 0 N–H and O–H groups in total. The Bertz CT molecular complexity index is 483. The standard InChI is InChI=1S/C13H14ClFOS/c14-4-1-5-16-6-2-10-8-11-3-7-17-13(11)9-12(10)15/h3,7-9H,1-2,4-6H2. The third-order valence-electron chi connectivity index (χ3n) is 2.56. The van der Waals surface area contributed by atoms with Crippen molar-refractivity contribution in [1.82, 2.24) is 0 Å². The van der Waals surface area contributed by atoms with E-state index in [0.29, 0.717) is 25.5 Å². The zero-order valence-electron chi connectivity index (χ0n) is 9.42. The van der Waals surface area contributed by atoms with Crippen LogP contribution in [0.25, 0.3) is 10.1 Å². The van der Waals surface area contributed by atoms with Crippen molar-refractivity contribution < 1.29 is 9.13 Å².